The van der Waals surface area contributed by atoms with Crippen molar-refractivity contribution in [1.82, 2.24) is 19.9 Å². The van der Waals surface area contributed by atoms with Gasteiger partial charge in [-0.15, -0.1) is 10.2 Å². The zero-order chi connectivity index (χ0) is 17.2. The molecular formula is C19H20N4O2. The molecule has 0 spiro atoms. The Morgan fingerprint density at radius 1 is 1.28 bits per heavy atom. The number of nitrogens with zero attached hydrogens (tertiary/aromatic N) is 3. The average molecular weight is 336 g/mol. The molecule has 1 aromatic carbocycles. The molecule has 1 aliphatic rings. The summed E-state index contributed by atoms with van der Waals surface area (Å²) in [5.74, 6) is 1.83. The highest BCUT2D eigenvalue weighted by Crippen LogP contribution is 2.35. The van der Waals surface area contributed by atoms with Crippen LogP contribution in [0.1, 0.15) is 43.1 Å². The van der Waals surface area contributed by atoms with Gasteiger partial charge in [-0.1, -0.05) is 24.3 Å². The normalized spacial score (nSPS) is 17.6. The van der Waals surface area contributed by atoms with E-state index in [0.29, 0.717) is 13.0 Å². The minimum Gasteiger partial charge on any atom is -0.493 e. The first-order valence-corrected chi connectivity index (χ1v) is 8.53. The molecule has 0 radical (unpaired) electrons. The minimum atomic E-state index is -0.208. The summed E-state index contributed by atoms with van der Waals surface area (Å²) in [4.78, 5) is 12.6. The molecule has 2 unspecified atom stereocenters. The second-order valence-electron chi connectivity index (χ2n) is 6.35. The van der Waals surface area contributed by atoms with Gasteiger partial charge in [-0.2, -0.15) is 0 Å². The predicted octanol–water partition coefficient (Wildman–Crippen LogP) is 2.86. The Labute approximate surface area is 145 Å². The highest BCUT2D eigenvalue weighted by atomic mass is 16.5. The number of amides is 1. The van der Waals surface area contributed by atoms with E-state index < -0.39 is 0 Å². The molecular weight excluding hydrogens is 316 g/mol. The molecule has 2 atom stereocenters. The number of rotatable bonds is 4. The van der Waals surface area contributed by atoms with Crippen molar-refractivity contribution >= 4 is 11.6 Å². The summed E-state index contributed by atoms with van der Waals surface area (Å²) in [5, 5.41) is 11.4. The van der Waals surface area contributed by atoms with Gasteiger partial charge in [-0.05, 0) is 43.0 Å². The smallest absolute Gasteiger partial charge is 0.221 e. The first kappa shape index (κ1) is 15.6. The number of nitrogens with one attached hydrogen (secondary N) is 1. The van der Waals surface area contributed by atoms with Gasteiger partial charge in [0.05, 0.1) is 12.6 Å². The fourth-order valence-corrected chi connectivity index (χ4v) is 3.37. The molecule has 3 aromatic rings. The summed E-state index contributed by atoms with van der Waals surface area (Å²) < 4.78 is 7.57. The number of carbonyl (C=O) groups is 1. The second-order valence-corrected chi connectivity index (χ2v) is 6.35. The van der Waals surface area contributed by atoms with E-state index in [1.165, 1.54) is 0 Å². The van der Waals surface area contributed by atoms with E-state index in [9.17, 15) is 4.79 Å². The maximum atomic E-state index is 12.6. The molecule has 128 valence electrons. The van der Waals surface area contributed by atoms with Crippen LogP contribution in [0, 0.1) is 0 Å². The highest BCUT2D eigenvalue weighted by molar-refractivity contribution is 5.77. The van der Waals surface area contributed by atoms with E-state index >= 15 is 0 Å². The maximum absolute atomic E-state index is 12.6. The summed E-state index contributed by atoms with van der Waals surface area (Å²) in [6, 6.07) is 13.5. The summed E-state index contributed by atoms with van der Waals surface area (Å²) in [5.41, 5.74) is 1.89. The van der Waals surface area contributed by atoms with E-state index in [1.54, 1.807) is 0 Å². The molecule has 0 saturated heterocycles. The fourth-order valence-electron chi connectivity index (χ4n) is 3.37. The molecule has 1 N–H and O–H groups in total. The maximum Gasteiger partial charge on any atom is 0.221 e. The van der Waals surface area contributed by atoms with Crippen molar-refractivity contribution in [3.63, 3.8) is 0 Å². The van der Waals surface area contributed by atoms with Crippen LogP contribution in [-0.2, 0) is 4.79 Å². The Bertz CT molecular complexity index is 905. The number of para-hydroxylation sites is 1. The number of hydrogen-bond acceptors (Lipinski definition) is 4. The Hall–Kier alpha value is -2.89. The van der Waals surface area contributed by atoms with Crippen LogP contribution >= 0.6 is 0 Å². The van der Waals surface area contributed by atoms with Crippen LogP contribution in [0.15, 0.2) is 48.7 Å². The number of ether oxygens (including phenoxy) is 1. The van der Waals surface area contributed by atoms with E-state index in [4.69, 9.17) is 4.74 Å². The predicted molar refractivity (Wildman–Crippen MR) is 93.5 cm³/mol. The van der Waals surface area contributed by atoms with Gasteiger partial charge in [0.1, 0.15) is 5.75 Å². The van der Waals surface area contributed by atoms with Gasteiger partial charge in [0.2, 0.25) is 5.91 Å². The molecule has 25 heavy (non-hydrogen) atoms. The van der Waals surface area contributed by atoms with Gasteiger partial charge >= 0.3 is 0 Å². The molecule has 1 amide bonds. The minimum absolute atomic E-state index is 0.0156. The Kier molecular flexibility index (Phi) is 4.09. The molecule has 0 fully saturated rings. The van der Waals surface area contributed by atoms with Crippen LogP contribution < -0.4 is 10.1 Å². The molecule has 0 bridgehead atoms. The van der Waals surface area contributed by atoms with Crippen molar-refractivity contribution in [3.05, 3.63) is 60.0 Å². The number of aromatic nitrogens is 3. The third-order valence-corrected chi connectivity index (χ3v) is 4.62. The monoisotopic (exact) mass is 336 g/mol. The SMILES string of the molecule is CC(NC(=O)CC1CCOc2ccccc21)c1nnc2ccccn12. The quantitative estimate of drug-likeness (QED) is 0.795. The topological polar surface area (TPSA) is 68.5 Å². The van der Waals surface area contributed by atoms with Gasteiger partial charge in [0.25, 0.3) is 0 Å². The van der Waals surface area contributed by atoms with Crippen molar-refractivity contribution in [2.75, 3.05) is 6.61 Å². The van der Waals surface area contributed by atoms with Gasteiger partial charge < -0.3 is 10.1 Å². The molecule has 3 heterocycles. The molecule has 0 saturated carbocycles. The van der Waals surface area contributed by atoms with E-state index in [2.05, 4.69) is 15.5 Å². The van der Waals surface area contributed by atoms with Gasteiger partial charge in [0, 0.05) is 12.6 Å². The fraction of sp³-hybridized carbons (Fsp3) is 0.316. The van der Waals surface area contributed by atoms with Crippen molar-refractivity contribution in [1.29, 1.82) is 0 Å². The zero-order valence-corrected chi connectivity index (χ0v) is 14.1. The van der Waals surface area contributed by atoms with Crippen LogP contribution in [0.5, 0.6) is 5.75 Å². The Morgan fingerprint density at radius 3 is 3.04 bits per heavy atom. The first-order chi connectivity index (χ1) is 12.2. The first-order valence-electron chi connectivity index (χ1n) is 8.53. The van der Waals surface area contributed by atoms with Crippen molar-refractivity contribution in [2.45, 2.75) is 31.7 Å². The molecule has 0 aliphatic carbocycles. The van der Waals surface area contributed by atoms with Crippen LogP contribution in [0.3, 0.4) is 0 Å². The van der Waals surface area contributed by atoms with Crippen molar-refractivity contribution < 1.29 is 9.53 Å². The molecule has 6 nitrogen and oxygen atoms in total. The Morgan fingerprint density at radius 2 is 2.12 bits per heavy atom. The molecule has 2 aromatic heterocycles. The van der Waals surface area contributed by atoms with Gasteiger partial charge in [-0.3, -0.25) is 9.20 Å². The van der Waals surface area contributed by atoms with Crippen LogP contribution in [0.25, 0.3) is 5.65 Å². The largest absolute Gasteiger partial charge is 0.493 e. The average Bonchev–Trinajstić information content (AvgIpc) is 3.06. The number of hydrogen-bond donors (Lipinski definition) is 1. The lowest BCUT2D eigenvalue weighted by Gasteiger charge is -2.25. The second kappa shape index (κ2) is 6.55. The highest BCUT2D eigenvalue weighted by Gasteiger charge is 2.24. The number of benzene rings is 1. The molecule has 4 rings (SSSR count). The van der Waals surface area contributed by atoms with Gasteiger partial charge in [0.15, 0.2) is 11.5 Å². The van der Waals surface area contributed by atoms with Crippen LogP contribution in [-0.4, -0.2) is 27.1 Å². The number of pyridine rings is 1. The molecule has 1 aliphatic heterocycles. The van der Waals surface area contributed by atoms with E-state index in [-0.39, 0.29) is 17.9 Å². The number of carbonyl (C=O) groups excluding carboxylic acids is 1. The summed E-state index contributed by atoms with van der Waals surface area (Å²) >= 11 is 0. The van der Waals surface area contributed by atoms with Crippen molar-refractivity contribution in [3.8, 4) is 5.75 Å². The lowest BCUT2D eigenvalue weighted by molar-refractivity contribution is -0.122. The van der Waals surface area contributed by atoms with E-state index in [0.717, 1.165) is 29.2 Å². The lowest BCUT2D eigenvalue weighted by Crippen LogP contribution is -2.30. The molecule has 6 heteroatoms. The van der Waals surface area contributed by atoms with Crippen LogP contribution in [0.4, 0.5) is 0 Å². The number of fused-ring (bicyclic) bond motifs is 2. The lowest BCUT2D eigenvalue weighted by atomic mass is 9.90. The standard InChI is InChI=1S/C19H20N4O2/c1-13(19-22-21-17-8-4-5-10-23(17)19)20-18(24)12-14-9-11-25-16-7-3-2-6-15(14)16/h2-8,10,13-14H,9,11-12H2,1H3,(H,20,24). The van der Waals surface area contributed by atoms with Crippen LogP contribution in [0.2, 0.25) is 0 Å². The Balaban J connectivity index is 1.46. The zero-order valence-electron chi connectivity index (χ0n) is 14.1. The summed E-state index contributed by atoms with van der Waals surface area (Å²) in [6.07, 6.45) is 3.20. The third kappa shape index (κ3) is 3.07. The van der Waals surface area contributed by atoms with E-state index in [1.807, 2.05) is 60.0 Å². The van der Waals surface area contributed by atoms with Crippen molar-refractivity contribution in [2.24, 2.45) is 0 Å². The summed E-state index contributed by atoms with van der Waals surface area (Å²) in [6.45, 7) is 2.58. The summed E-state index contributed by atoms with van der Waals surface area (Å²) in [7, 11) is 0. The third-order valence-electron chi connectivity index (χ3n) is 4.62. The van der Waals surface area contributed by atoms with Gasteiger partial charge in [-0.25, -0.2) is 0 Å².